The summed E-state index contributed by atoms with van der Waals surface area (Å²) in [5.41, 5.74) is 2.87. The summed E-state index contributed by atoms with van der Waals surface area (Å²) in [6, 6.07) is 10.2. The number of benzene rings is 1. The SMILES string of the molecule is Cc1ccc(CN2C(=O)C(c3cccs3)=NC23CCN(C(=O)OC(C)(C)C)CC3)c(C)c1. The molecule has 2 aromatic rings. The second-order valence-corrected chi connectivity index (χ2v) is 10.7. The Hall–Kier alpha value is -2.67. The molecule has 7 heteroatoms. The zero-order valence-corrected chi connectivity index (χ0v) is 20.3. The molecule has 2 aliphatic heterocycles. The lowest BCUT2D eigenvalue weighted by atomic mass is 9.95. The molecule has 1 fully saturated rings. The number of aryl methyl sites for hydroxylation is 2. The van der Waals surface area contributed by atoms with Crippen LogP contribution >= 0.6 is 11.3 Å². The Labute approximate surface area is 193 Å². The Morgan fingerprint density at radius 1 is 1.19 bits per heavy atom. The van der Waals surface area contributed by atoms with Gasteiger partial charge in [0.15, 0.2) is 0 Å². The fourth-order valence-electron chi connectivity index (χ4n) is 4.38. The van der Waals surface area contributed by atoms with Gasteiger partial charge in [-0.15, -0.1) is 11.3 Å². The first kappa shape index (κ1) is 22.5. The summed E-state index contributed by atoms with van der Waals surface area (Å²) >= 11 is 1.53. The molecule has 0 bridgehead atoms. The third-order valence-electron chi connectivity index (χ3n) is 6.07. The summed E-state index contributed by atoms with van der Waals surface area (Å²) in [4.78, 5) is 35.7. The second kappa shape index (κ2) is 8.35. The number of carbonyl (C=O) groups is 2. The number of ether oxygens (including phenoxy) is 1. The first-order valence-electron chi connectivity index (χ1n) is 11.1. The summed E-state index contributed by atoms with van der Waals surface area (Å²) in [5, 5.41) is 1.97. The molecule has 0 unspecified atom stereocenters. The highest BCUT2D eigenvalue weighted by atomic mass is 32.1. The van der Waals surface area contributed by atoms with E-state index in [2.05, 4.69) is 32.0 Å². The maximum absolute atomic E-state index is 13.6. The lowest BCUT2D eigenvalue weighted by Crippen LogP contribution is -2.54. The number of amides is 2. The van der Waals surface area contributed by atoms with Gasteiger partial charge in [-0.25, -0.2) is 9.79 Å². The molecule has 0 aliphatic carbocycles. The van der Waals surface area contributed by atoms with E-state index in [1.165, 1.54) is 22.5 Å². The topological polar surface area (TPSA) is 62.2 Å². The Balaban J connectivity index is 1.61. The molecule has 4 rings (SSSR count). The summed E-state index contributed by atoms with van der Waals surface area (Å²) in [6.07, 6.45) is 0.885. The number of carbonyl (C=O) groups excluding carboxylic acids is 2. The smallest absolute Gasteiger partial charge is 0.410 e. The van der Waals surface area contributed by atoms with Gasteiger partial charge in [0.1, 0.15) is 17.0 Å². The molecule has 1 spiro atoms. The van der Waals surface area contributed by atoms with E-state index in [0.29, 0.717) is 38.2 Å². The van der Waals surface area contributed by atoms with Crippen molar-refractivity contribution in [2.24, 2.45) is 4.99 Å². The van der Waals surface area contributed by atoms with Crippen molar-refractivity contribution in [3.63, 3.8) is 0 Å². The van der Waals surface area contributed by atoms with E-state index in [1.807, 2.05) is 43.2 Å². The van der Waals surface area contributed by atoms with E-state index in [4.69, 9.17) is 9.73 Å². The van der Waals surface area contributed by atoms with Crippen molar-refractivity contribution in [2.45, 2.75) is 65.3 Å². The van der Waals surface area contributed by atoms with Crippen molar-refractivity contribution in [3.8, 4) is 0 Å². The van der Waals surface area contributed by atoms with Crippen LogP contribution in [0.3, 0.4) is 0 Å². The fourth-order valence-corrected chi connectivity index (χ4v) is 5.08. The van der Waals surface area contributed by atoms with Crippen molar-refractivity contribution in [1.29, 1.82) is 0 Å². The molecule has 0 N–H and O–H groups in total. The van der Waals surface area contributed by atoms with Crippen LogP contribution in [0.25, 0.3) is 0 Å². The molecular weight excluding hydrogens is 422 g/mol. The van der Waals surface area contributed by atoms with Crippen LogP contribution in [0, 0.1) is 13.8 Å². The molecule has 2 aliphatic rings. The van der Waals surface area contributed by atoms with E-state index in [1.54, 1.807) is 4.90 Å². The minimum Gasteiger partial charge on any atom is -0.444 e. The minimum absolute atomic E-state index is 0.0295. The first-order valence-corrected chi connectivity index (χ1v) is 12.0. The summed E-state index contributed by atoms with van der Waals surface area (Å²) in [5.74, 6) is -0.0295. The number of nitrogens with zero attached hydrogens (tertiary/aromatic N) is 3. The third-order valence-corrected chi connectivity index (χ3v) is 6.94. The third kappa shape index (κ3) is 4.44. The van der Waals surface area contributed by atoms with E-state index in [-0.39, 0.29) is 12.0 Å². The van der Waals surface area contributed by atoms with Crippen LogP contribution < -0.4 is 0 Å². The van der Waals surface area contributed by atoms with Gasteiger partial charge in [-0.2, -0.15) is 0 Å². The van der Waals surface area contributed by atoms with E-state index >= 15 is 0 Å². The fraction of sp³-hybridized carbons (Fsp3) is 0.480. The maximum atomic E-state index is 13.6. The Bertz CT molecular complexity index is 1040. The Kier molecular flexibility index (Phi) is 5.88. The number of thiophene rings is 1. The van der Waals surface area contributed by atoms with Crippen LogP contribution in [0.1, 0.15) is 55.2 Å². The number of aliphatic imine (C=N–C) groups is 1. The molecular formula is C25H31N3O3S. The quantitative estimate of drug-likeness (QED) is 0.662. The van der Waals surface area contributed by atoms with Crippen LogP contribution in [-0.4, -0.2) is 51.9 Å². The largest absolute Gasteiger partial charge is 0.444 e. The van der Waals surface area contributed by atoms with Crippen LogP contribution in [0.4, 0.5) is 4.79 Å². The average Bonchev–Trinajstić information content (AvgIpc) is 3.32. The van der Waals surface area contributed by atoms with E-state index in [9.17, 15) is 9.59 Å². The Morgan fingerprint density at radius 3 is 2.50 bits per heavy atom. The molecule has 170 valence electrons. The van der Waals surface area contributed by atoms with E-state index in [0.717, 1.165) is 10.4 Å². The van der Waals surface area contributed by atoms with Gasteiger partial charge < -0.3 is 14.5 Å². The molecule has 1 aromatic heterocycles. The van der Waals surface area contributed by atoms with Crippen molar-refractivity contribution >= 4 is 29.0 Å². The Morgan fingerprint density at radius 2 is 1.91 bits per heavy atom. The van der Waals surface area contributed by atoms with Crippen molar-refractivity contribution in [1.82, 2.24) is 9.80 Å². The summed E-state index contributed by atoms with van der Waals surface area (Å²) < 4.78 is 5.55. The van der Waals surface area contributed by atoms with Crippen LogP contribution in [0.5, 0.6) is 0 Å². The van der Waals surface area contributed by atoms with E-state index < -0.39 is 11.3 Å². The van der Waals surface area contributed by atoms with Gasteiger partial charge in [-0.1, -0.05) is 29.8 Å². The lowest BCUT2D eigenvalue weighted by molar-refractivity contribution is -0.130. The minimum atomic E-state index is -0.633. The molecule has 1 saturated heterocycles. The molecule has 2 amide bonds. The molecule has 1 aromatic carbocycles. The number of likely N-dealkylation sites (tertiary alicyclic amines) is 1. The molecule has 0 saturated carbocycles. The number of hydrogen-bond acceptors (Lipinski definition) is 5. The van der Waals surface area contributed by atoms with Crippen LogP contribution in [0.2, 0.25) is 0 Å². The molecule has 0 radical (unpaired) electrons. The molecule has 6 nitrogen and oxygen atoms in total. The number of piperidine rings is 1. The van der Waals surface area contributed by atoms with Crippen molar-refractivity contribution in [3.05, 3.63) is 57.3 Å². The lowest BCUT2D eigenvalue weighted by Gasteiger charge is -2.43. The second-order valence-electron chi connectivity index (χ2n) is 9.71. The van der Waals surface area contributed by atoms with Gasteiger partial charge in [0.2, 0.25) is 0 Å². The van der Waals surface area contributed by atoms with Gasteiger partial charge >= 0.3 is 6.09 Å². The molecule has 32 heavy (non-hydrogen) atoms. The van der Waals surface area contributed by atoms with Gasteiger partial charge in [0.25, 0.3) is 5.91 Å². The maximum Gasteiger partial charge on any atom is 0.410 e. The van der Waals surface area contributed by atoms with Gasteiger partial charge in [-0.05, 0) is 57.2 Å². The molecule has 3 heterocycles. The average molecular weight is 454 g/mol. The molecule has 0 atom stereocenters. The van der Waals surface area contributed by atoms with Gasteiger partial charge in [0, 0.05) is 32.5 Å². The predicted molar refractivity (Wildman–Crippen MR) is 127 cm³/mol. The van der Waals surface area contributed by atoms with Crippen LogP contribution in [-0.2, 0) is 16.1 Å². The highest BCUT2D eigenvalue weighted by Gasteiger charge is 2.49. The normalized spacial score (nSPS) is 18.3. The summed E-state index contributed by atoms with van der Waals surface area (Å²) in [6.45, 7) is 11.3. The van der Waals surface area contributed by atoms with Crippen molar-refractivity contribution in [2.75, 3.05) is 13.1 Å². The first-order chi connectivity index (χ1) is 15.1. The highest BCUT2D eigenvalue weighted by Crippen LogP contribution is 2.38. The van der Waals surface area contributed by atoms with Gasteiger partial charge in [-0.3, -0.25) is 4.79 Å². The van der Waals surface area contributed by atoms with Crippen LogP contribution in [0.15, 0.2) is 40.7 Å². The predicted octanol–water partition coefficient (Wildman–Crippen LogP) is 4.92. The standard InChI is InChI=1S/C25H31N3O3S/c1-17-8-9-19(18(2)15-17)16-28-22(29)21(20-7-6-14-32-20)26-25(28)10-12-27(13-11-25)23(30)31-24(3,4)5/h6-9,14-15H,10-13,16H2,1-5H3. The zero-order valence-electron chi connectivity index (χ0n) is 19.5. The van der Waals surface area contributed by atoms with Crippen molar-refractivity contribution < 1.29 is 14.3 Å². The zero-order chi connectivity index (χ0) is 23.1. The number of hydrogen-bond donors (Lipinski definition) is 0. The summed E-state index contributed by atoms with van der Waals surface area (Å²) in [7, 11) is 0. The number of rotatable bonds is 3. The highest BCUT2D eigenvalue weighted by molar-refractivity contribution is 7.13. The van der Waals surface area contributed by atoms with Gasteiger partial charge in [0.05, 0.1) is 4.88 Å². The monoisotopic (exact) mass is 453 g/mol.